The summed E-state index contributed by atoms with van der Waals surface area (Å²) in [7, 11) is 0. The molecule has 31 heavy (non-hydrogen) atoms. The summed E-state index contributed by atoms with van der Waals surface area (Å²) < 4.78 is 0. The van der Waals surface area contributed by atoms with E-state index in [0.717, 1.165) is 5.56 Å². The Kier molecular flexibility index (Phi) is 5.95. The first-order chi connectivity index (χ1) is 14.9. The van der Waals surface area contributed by atoms with Crippen molar-refractivity contribution in [1.82, 2.24) is 19.9 Å². The van der Waals surface area contributed by atoms with Crippen LogP contribution in [-0.4, -0.2) is 44.6 Å². The molecule has 3 aromatic rings. The Bertz CT molecular complexity index is 1170. The second-order valence-corrected chi connectivity index (χ2v) is 7.93. The number of carbonyl (C=O) groups excluding carboxylic acids is 2. The molecule has 1 aliphatic heterocycles. The maximum absolute atomic E-state index is 12.8. The molecule has 0 aliphatic carbocycles. The summed E-state index contributed by atoms with van der Waals surface area (Å²) in [5.41, 5.74) is 2.08. The van der Waals surface area contributed by atoms with Crippen LogP contribution in [0.3, 0.4) is 0 Å². The molecule has 8 heteroatoms. The zero-order valence-electron chi connectivity index (χ0n) is 17.0. The van der Waals surface area contributed by atoms with Gasteiger partial charge in [-0.2, -0.15) is 0 Å². The fraction of sp³-hybridized carbons (Fsp3) is 0.261. The molecule has 1 fully saturated rings. The molecule has 1 aromatic carbocycles. The number of piperidine rings is 1. The first-order valence-electron chi connectivity index (χ1n) is 10.0. The number of amides is 1. The fourth-order valence-corrected chi connectivity index (χ4v) is 4.02. The largest absolute Gasteiger partial charge is 0.339 e. The topological polar surface area (TPSA) is 96.0 Å². The number of pyridine rings is 1. The maximum atomic E-state index is 12.8. The number of likely N-dealkylation sites (tertiary alicyclic amines) is 1. The molecule has 1 saturated heterocycles. The molecule has 1 amide bonds. The molecule has 0 atom stereocenters. The van der Waals surface area contributed by atoms with Crippen LogP contribution in [0.4, 0.5) is 0 Å². The van der Waals surface area contributed by atoms with Crippen LogP contribution in [0.25, 0.3) is 11.4 Å². The lowest BCUT2D eigenvalue weighted by Gasteiger charge is -2.32. The smallest absolute Gasteiger partial charge is 0.270 e. The Hall–Kier alpha value is -3.32. The Labute approximate surface area is 184 Å². The molecule has 1 N–H and O–H groups in total. The van der Waals surface area contributed by atoms with Gasteiger partial charge in [-0.25, -0.2) is 4.98 Å². The summed E-state index contributed by atoms with van der Waals surface area (Å²) in [5.74, 6) is 0.333. The third-order valence-corrected chi connectivity index (χ3v) is 5.91. The number of hydrogen-bond donors (Lipinski definition) is 1. The van der Waals surface area contributed by atoms with Gasteiger partial charge >= 0.3 is 0 Å². The highest BCUT2D eigenvalue weighted by Gasteiger charge is 2.28. The van der Waals surface area contributed by atoms with Crippen molar-refractivity contribution in [3.63, 3.8) is 0 Å². The summed E-state index contributed by atoms with van der Waals surface area (Å²) in [6.45, 7) is 2.57. The van der Waals surface area contributed by atoms with Gasteiger partial charge in [0.25, 0.3) is 11.5 Å². The van der Waals surface area contributed by atoms with Crippen LogP contribution in [0.15, 0.2) is 53.6 Å². The van der Waals surface area contributed by atoms with Crippen molar-refractivity contribution < 1.29 is 9.59 Å². The van der Waals surface area contributed by atoms with Crippen LogP contribution >= 0.6 is 11.6 Å². The van der Waals surface area contributed by atoms with Gasteiger partial charge in [-0.15, -0.1) is 0 Å². The average Bonchev–Trinajstić information content (AvgIpc) is 2.81. The molecule has 3 heterocycles. The number of ketones is 1. The molecular weight excluding hydrogens is 416 g/mol. The Morgan fingerprint density at radius 2 is 1.65 bits per heavy atom. The SMILES string of the molecule is CC(=O)c1ccc(C(=O)N2CCC(c3nc(-c4ccncc4)[nH]c(=O)c3Cl)CC2)cc1. The van der Waals surface area contributed by atoms with Gasteiger partial charge in [-0.3, -0.25) is 19.4 Å². The van der Waals surface area contributed by atoms with Crippen LogP contribution in [-0.2, 0) is 0 Å². The van der Waals surface area contributed by atoms with Gasteiger partial charge in [0.15, 0.2) is 5.78 Å². The zero-order chi connectivity index (χ0) is 22.0. The molecule has 0 unspecified atom stereocenters. The summed E-state index contributed by atoms with van der Waals surface area (Å²) in [4.78, 5) is 49.7. The third-order valence-electron chi connectivity index (χ3n) is 5.55. The molecule has 0 spiro atoms. The zero-order valence-corrected chi connectivity index (χ0v) is 17.7. The summed E-state index contributed by atoms with van der Waals surface area (Å²) >= 11 is 6.29. The van der Waals surface area contributed by atoms with E-state index in [4.69, 9.17) is 11.6 Å². The van der Waals surface area contributed by atoms with Gasteiger partial charge in [-0.05, 0) is 44.0 Å². The van der Waals surface area contributed by atoms with E-state index >= 15 is 0 Å². The molecule has 7 nitrogen and oxygen atoms in total. The third kappa shape index (κ3) is 4.41. The highest BCUT2D eigenvalue weighted by molar-refractivity contribution is 6.31. The van der Waals surface area contributed by atoms with Gasteiger partial charge < -0.3 is 9.88 Å². The number of H-pyrrole nitrogens is 1. The standard InChI is InChI=1S/C23H21ClN4O3/c1-14(29)15-2-4-18(5-3-15)23(31)28-12-8-16(9-13-28)20-19(24)22(30)27-21(26-20)17-6-10-25-11-7-17/h2-7,10-11,16H,8-9,12-13H2,1H3,(H,26,27,30). The lowest BCUT2D eigenvalue weighted by Crippen LogP contribution is -2.38. The molecule has 2 aromatic heterocycles. The fourth-order valence-electron chi connectivity index (χ4n) is 3.78. The number of benzene rings is 1. The summed E-state index contributed by atoms with van der Waals surface area (Å²) in [5, 5.41) is 0.0994. The minimum atomic E-state index is -0.373. The number of aromatic amines is 1. The molecule has 0 radical (unpaired) electrons. The number of nitrogens with zero attached hydrogens (tertiary/aromatic N) is 3. The van der Waals surface area contributed by atoms with Crippen LogP contribution < -0.4 is 5.56 Å². The van der Waals surface area contributed by atoms with Crippen LogP contribution in [0.5, 0.6) is 0 Å². The minimum Gasteiger partial charge on any atom is -0.339 e. The number of rotatable bonds is 4. The van der Waals surface area contributed by atoms with E-state index in [-0.39, 0.29) is 28.2 Å². The molecular formula is C23H21ClN4O3. The van der Waals surface area contributed by atoms with Gasteiger partial charge in [0.2, 0.25) is 0 Å². The molecule has 0 bridgehead atoms. The van der Waals surface area contributed by atoms with E-state index in [9.17, 15) is 14.4 Å². The van der Waals surface area contributed by atoms with E-state index in [1.165, 1.54) is 6.92 Å². The van der Waals surface area contributed by atoms with E-state index in [0.29, 0.717) is 48.6 Å². The predicted molar refractivity (Wildman–Crippen MR) is 117 cm³/mol. The average molecular weight is 437 g/mol. The van der Waals surface area contributed by atoms with Crippen molar-refractivity contribution >= 4 is 23.3 Å². The van der Waals surface area contributed by atoms with E-state index in [1.54, 1.807) is 53.7 Å². The van der Waals surface area contributed by atoms with Crippen molar-refractivity contribution in [2.24, 2.45) is 0 Å². The van der Waals surface area contributed by atoms with Crippen molar-refractivity contribution in [1.29, 1.82) is 0 Å². The number of aromatic nitrogens is 3. The monoisotopic (exact) mass is 436 g/mol. The quantitative estimate of drug-likeness (QED) is 0.629. The molecule has 1 aliphatic rings. The van der Waals surface area contributed by atoms with Gasteiger partial charge in [0.05, 0.1) is 5.69 Å². The Morgan fingerprint density at radius 1 is 1.03 bits per heavy atom. The van der Waals surface area contributed by atoms with Crippen molar-refractivity contribution in [2.45, 2.75) is 25.7 Å². The van der Waals surface area contributed by atoms with Crippen molar-refractivity contribution in [3.8, 4) is 11.4 Å². The highest BCUT2D eigenvalue weighted by Crippen LogP contribution is 2.31. The Morgan fingerprint density at radius 3 is 2.26 bits per heavy atom. The Balaban J connectivity index is 1.50. The number of Topliss-reactive ketones (excluding diaryl/α,β-unsaturated/α-hetero) is 1. The van der Waals surface area contributed by atoms with Gasteiger partial charge in [-0.1, -0.05) is 23.7 Å². The van der Waals surface area contributed by atoms with E-state index in [2.05, 4.69) is 15.0 Å². The number of nitrogens with one attached hydrogen (secondary N) is 1. The van der Waals surface area contributed by atoms with Crippen molar-refractivity contribution in [2.75, 3.05) is 13.1 Å². The minimum absolute atomic E-state index is 0.0143. The first kappa shape index (κ1) is 20.9. The second kappa shape index (κ2) is 8.81. The first-order valence-corrected chi connectivity index (χ1v) is 10.4. The van der Waals surface area contributed by atoms with Crippen LogP contribution in [0.1, 0.15) is 52.1 Å². The summed E-state index contributed by atoms with van der Waals surface area (Å²) in [6.07, 6.45) is 4.58. The lowest BCUT2D eigenvalue weighted by molar-refractivity contribution is 0.0711. The van der Waals surface area contributed by atoms with Gasteiger partial charge in [0, 0.05) is 48.1 Å². The maximum Gasteiger partial charge on any atom is 0.270 e. The second-order valence-electron chi connectivity index (χ2n) is 7.55. The number of halogens is 1. The number of carbonyl (C=O) groups is 2. The molecule has 0 saturated carbocycles. The van der Waals surface area contributed by atoms with Gasteiger partial charge in [0.1, 0.15) is 10.8 Å². The number of hydrogen-bond acceptors (Lipinski definition) is 5. The molecule has 158 valence electrons. The summed E-state index contributed by atoms with van der Waals surface area (Å²) in [6, 6.07) is 10.2. The van der Waals surface area contributed by atoms with Crippen LogP contribution in [0.2, 0.25) is 5.02 Å². The normalized spacial score (nSPS) is 14.5. The van der Waals surface area contributed by atoms with Crippen molar-refractivity contribution in [3.05, 3.63) is 81.0 Å². The predicted octanol–water partition coefficient (Wildman–Crippen LogP) is 3.71. The molecule has 4 rings (SSSR count). The van der Waals surface area contributed by atoms with Crippen LogP contribution in [0, 0.1) is 0 Å². The highest BCUT2D eigenvalue weighted by atomic mass is 35.5. The van der Waals surface area contributed by atoms with E-state index in [1.807, 2.05) is 0 Å². The van der Waals surface area contributed by atoms with E-state index < -0.39 is 0 Å². The lowest BCUT2D eigenvalue weighted by atomic mass is 9.92.